The number of benzene rings is 2. The molecule has 2 N–H and O–H groups in total. The van der Waals surface area contributed by atoms with Crippen LogP contribution in [0.15, 0.2) is 42.5 Å². The van der Waals surface area contributed by atoms with Gasteiger partial charge in [0, 0.05) is 24.7 Å². The van der Waals surface area contributed by atoms with Crippen molar-refractivity contribution in [1.82, 2.24) is 0 Å². The summed E-state index contributed by atoms with van der Waals surface area (Å²) in [6.45, 7) is 3.47. The number of amides is 1. The van der Waals surface area contributed by atoms with E-state index in [1.165, 1.54) is 6.92 Å². The maximum absolute atomic E-state index is 11.1. The number of ether oxygens (including phenoxy) is 1. The van der Waals surface area contributed by atoms with Gasteiger partial charge in [0.1, 0.15) is 5.75 Å². The van der Waals surface area contributed by atoms with E-state index in [0.29, 0.717) is 17.0 Å². The number of rotatable bonds is 5. The second-order valence-corrected chi connectivity index (χ2v) is 5.20. The zero-order chi connectivity index (χ0) is 16.8. The van der Waals surface area contributed by atoms with Gasteiger partial charge in [0.05, 0.1) is 24.4 Å². The first-order chi connectivity index (χ1) is 11.0. The van der Waals surface area contributed by atoms with Gasteiger partial charge in [-0.05, 0) is 36.8 Å². The van der Waals surface area contributed by atoms with Crippen LogP contribution < -0.4 is 15.4 Å². The van der Waals surface area contributed by atoms with Crippen LogP contribution >= 0.6 is 0 Å². The van der Waals surface area contributed by atoms with E-state index in [1.54, 1.807) is 19.2 Å². The van der Waals surface area contributed by atoms with Gasteiger partial charge in [0.15, 0.2) is 0 Å². The number of hydrogen-bond acceptors (Lipinski definition) is 4. The fourth-order valence-corrected chi connectivity index (χ4v) is 2.29. The minimum absolute atomic E-state index is 0.00353. The van der Waals surface area contributed by atoms with Crippen LogP contribution in [0.25, 0.3) is 0 Å². The summed E-state index contributed by atoms with van der Waals surface area (Å²) in [6, 6.07) is 15.0. The summed E-state index contributed by atoms with van der Waals surface area (Å²) in [7, 11) is 1.58. The summed E-state index contributed by atoms with van der Waals surface area (Å²) in [5, 5.41) is 15.1. The van der Waals surface area contributed by atoms with Crippen LogP contribution in [0.1, 0.15) is 31.0 Å². The van der Waals surface area contributed by atoms with Crippen LogP contribution in [0.2, 0.25) is 0 Å². The molecule has 0 saturated heterocycles. The minimum atomic E-state index is -0.130. The van der Waals surface area contributed by atoms with E-state index in [-0.39, 0.29) is 11.9 Å². The molecule has 0 aliphatic heterocycles. The SMILES string of the molecule is COc1cc(NC(C)=O)ccc1N[C@@H](C)c1cccc(C#N)c1. The summed E-state index contributed by atoms with van der Waals surface area (Å²) < 4.78 is 5.38. The summed E-state index contributed by atoms with van der Waals surface area (Å²) >= 11 is 0. The number of nitriles is 1. The molecule has 0 heterocycles. The molecule has 2 rings (SSSR count). The zero-order valence-electron chi connectivity index (χ0n) is 13.4. The monoisotopic (exact) mass is 309 g/mol. The lowest BCUT2D eigenvalue weighted by molar-refractivity contribution is -0.114. The lowest BCUT2D eigenvalue weighted by Crippen LogP contribution is -2.09. The largest absolute Gasteiger partial charge is 0.495 e. The normalized spacial score (nSPS) is 11.2. The van der Waals surface area contributed by atoms with E-state index >= 15 is 0 Å². The first-order valence-electron chi connectivity index (χ1n) is 7.25. The lowest BCUT2D eigenvalue weighted by Gasteiger charge is -2.19. The molecule has 0 aliphatic carbocycles. The average Bonchev–Trinajstić information content (AvgIpc) is 2.55. The Balaban J connectivity index is 2.21. The van der Waals surface area contributed by atoms with Crippen LogP contribution in [0.4, 0.5) is 11.4 Å². The third-order valence-electron chi connectivity index (χ3n) is 3.41. The molecular weight excluding hydrogens is 290 g/mol. The topological polar surface area (TPSA) is 74.2 Å². The first-order valence-corrected chi connectivity index (χ1v) is 7.25. The summed E-state index contributed by atoms with van der Waals surface area (Å²) in [4.78, 5) is 11.1. The van der Waals surface area contributed by atoms with Crippen LogP contribution in [-0.4, -0.2) is 13.0 Å². The maximum atomic E-state index is 11.1. The number of nitrogens with zero attached hydrogens (tertiary/aromatic N) is 1. The molecule has 0 saturated carbocycles. The first kappa shape index (κ1) is 16.4. The number of nitrogens with one attached hydrogen (secondary N) is 2. The van der Waals surface area contributed by atoms with E-state index in [2.05, 4.69) is 16.7 Å². The molecule has 1 amide bonds. The van der Waals surface area contributed by atoms with Crippen LogP contribution in [0.3, 0.4) is 0 Å². The molecule has 0 radical (unpaired) electrons. The predicted octanol–water partition coefficient (Wildman–Crippen LogP) is 3.70. The highest BCUT2D eigenvalue weighted by atomic mass is 16.5. The van der Waals surface area contributed by atoms with Gasteiger partial charge in [-0.15, -0.1) is 0 Å². The van der Waals surface area contributed by atoms with Gasteiger partial charge in [-0.1, -0.05) is 12.1 Å². The molecule has 0 fully saturated rings. The van der Waals surface area contributed by atoms with Crippen LogP contribution in [0.5, 0.6) is 5.75 Å². The second-order valence-electron chi connectivity index (χ2n) is 5.20. The van der Waals surface area contributed by atoms with Gasteiger partial charge in [0.25, 0.3) is 0 Å². The van der Waals surface area contributed by atoms with Crippen molar-refractivity contribution in [3.8, 4) is 11.8 Å². The predicted molar refractivity (Wildman–Crippen MR) is 90.5 cm³/mol. The fraction of sp³-hybridized carbons (Fsp3) is 0.222. The molecule has 23 heavy (non-hydrogen) atoms. The molecule has 0 bridgehead atoms. The Morgan fingerprint density at radius 3 is 2.70 bits per heavy atom. The Hall–Kier alpha value is -3.00. The Morgan fingerprint density at radius 1 is 1.26 bits per heavy atom. The van der Waals surface area contributed by atoms with Gasteiger partial charge >= 0.3 is 0 Å². The highest BCUT2D eigenvalue weighted by molar-refractivity contribution is 5.89. The van der Waals surface area contributed by atoms with Crippen molar-refractivity contribution in [3.63, 3.8) is 0 Å². The second kappa shape index (κ2) is 7.32. The van der Waals surface area contributed by atoms with Crippen molar-refractivity contribution in [2.45, 2.75) is 19.9 Å². The van der Waals surface area contributed by atoms with E-state index in [0.717, 1.165) is 11.3 Å². The standard InChI is InChI=1S/C18H19N3O2/c1-12(15-6-4-5-14(9-15)11-19)20-17-8-7-16(21-13(2)22)10-18(17)23-3/h4-10,12,20H,1-3H3,(H,21,22)/t12-/m0/s1. The number of methoxy groups -OCH3 is 1. The summed E-state index contributed by atoms with van der Waals surface area (Å²) in [6.07, 6.45) is 0. The summed E-state index contributed by atoms with van der Waals surface area (Å²) in [5.74, 6) is 0.508. The quantitative estimate of drug-likeness (QED) is 0.883. The Labute approximate surface area is 135 Å². The van der Waals surface area contributed by atoms with Crippen molar-refractivity contribution in [2.75, 3.05) is 17.7 Å². The Bertz CT molecular complexity index is 750. The highest BCUT2D eigenvalue weighted by Gasteiger charge is 2.10. The van der Waals surface area contributed by atoms with Crippen LogP contribution in [-0.2, 0) is 4.79 Å². The van der Waals surface area contributed by atoms with Crippen molar-refractivity contribution >= 4 is 17.3 Å². The van der Waals surface area contributed by atoms with Gasteiger partial charge in [-0.25, -0.2) is 0 Å². The number of anilines is 2. The van der Waals surface area contributed by atoms with Gasteiger partial charge in [0.2, 0.25) is 5.91 Å². The molecule has 0 spiro atoms. The molecule has 0 aromatic heterocycles. The fourth-order valence-electron chi connectivity index (χ4n) is 2.29. The number of carbonyl (C=O) groups is 1. The summed E-state index contributed by atoms with van der Waals surface area (Å²) in [5.41, 5.74) is 3.14. The Kier molecular flexibility index (Phi) is 5.21. The smallest absolute Gasteiger partial charge is 0.221 e. The highest BCUT2D eigenvalue weighted by Crippen LogP contribution is 2.31. The van der Waals surface area contributed by atoms with Crippen molar-refractivity contribution < 1.29 is 9.53 Å². The maximum Gasteiger partial charge on any atom is 0.221 e. The van der Waals surface area contributed by atoms with Crippen molar-refractivity contribution in [2.24, 2.45) is 0 Å². The molecule has 118 valence electrons. The number of carbonyl (C=O) groups excluding carboxylic acids is 1. The van der Waals surface area contributed by atoms with Gasteiger partial charge in [-0.3, -0.25) is 4.79 Å². The minimum Gasteiger partial charge on any atom is -0.495 e. The molecular formula is C18H19N3O2. The third-order valence-corrected chi connectivity index (χ3v) is 3.41. The van der Waals surface area contributed by atoms with Crippen molar-refractivity contribution in [1.29, 1.82) is 5.26 Å². The molecule has 0 unspecified atom stereocenters. The molecule has 5 nitrogen and oxygen atoms in total. The average molecular weight is 309 g/mol. The molecule has 2 aromatic rings. The van der Waals surface area contributed by atoms with E-state index in [9.17, 15) is 4.79 Å². The van der Waals surface area contributed by atoms with E-state index in [4.69, 9.17) is 10.00 Å². The molecule has 1 atom stereocenters. The zero-order valence-corrected chi connectivity index (χ0v) is 13.4. The van der Waals surface area contributed by atoms with Gasteiger partial charge < -0.3 is 15.4 Å². The van der Waals surface area contributed by atoms with Crippen molar-refractivity contribution in [3.05, 3.63) is 53.6 Å². The third kappa shape index (κ3) is 4.24. The lowest BCUT2D eigenvalue weighted by atomic mass is 10.1. The molecule has 0 aliphatic rings. The van der Waals surface area contributed by atoms with Crippen LogP contribution in [0, 0.1) is 11.3 Å². The molecule has 2 aromatic carbocycles. The molecule has 5 heteroatoms. The van der Waals surface area contributed by atoms with Gasteiger partial charge in [-0.2, -0.15) is 5.26 Å². The number of hydrogen-bond donors (Lipinski definition) is 2. The van der Waals surface area contributed by atoms with E-state index < -0.39 is 0 Å². The van der Waals surface area contributed by atoms with E-state index in [1.807, 2.05) is 37.3 Å². The Morgan fingerprint density at radius 2 is 2.04 bits per heavy atom.